The molecular formula is C16H22FN3O. The molecule has 1 heterocycles. The topological polar surface area (TPSA) is 39.1 Å². The minimum absolute atomic E-state index is 0.274. The Hall–Kier alpha value is -1.88. The van der Waals surface area contributed by atoms with Crippen LogP contribution in [0.3, 0.4) is 0 Å². The summed E-state index contributed by atoms with van der Waals surface area (Å²) in [5.74, 6) is 0.273. The zero-order chi connectivity index (χ0) is 15.2. The average Bonchev–Trinajstić information content (AvgIpc) is 2.93. The fourth-order valence-electron chi connectivity index (χ4n) is 2.52. The first-order chi connectivity index (χ1) is 10.2. The van der Waals surface area contributed by atoms with E-state index in [1.165, 1.54) is 6.07 Å². The van der Waals surface area contributed by atoms with E-state index in [0.29, 0.717) is 11.3 Å². The second kappa shape index (κ2) is 7.22. The Balaban J connectivity index is 2.51. The molecule has 21 heavy (non-hydrogen) atoms. The van der Waals surface area contributed by atoms with Crippen LogP contribution in [0.1, 0.15) is 37.6 Å². The van der Waals surface area contributed by atoms with Gasteiger partial charge in [-0.3, -0.25) is 4.68 Å². The lowest BCUT2D eigenvalue weighted by Crippen LogP contribution is -2.26. The lowest BCUT2D eigenvalue weighted by atomic mass is 10.0. The van der Waals surface area contributed by atoms with Crippen LogP contribution in [0.15, 0.2) is 30.5 Å². The first-order valence-electron chi connectivity index (χ1n) is 7.30. The maximum absolute atomic E-state index is 14.4. The predicted molar refractivity (Wildman–Crippen MR) is 81.0 cm³/mol. The molecule has 1 unspecified atom stereocenters. The fraction of sp³-hybridized carbons (Fsp3) is 0.438. The largest absolute Gasteiger partial charge is 0.496 e. The minimum Gasteiger partial charge on any atom is -0.496 e. The van der Waals surface area contributed by atoms with Crippen LogP contribution in [0, 0.1) is 5.82 Å². The molecule has 0 amide bonds. The Labute approximate surface area is 124 Å². The Morgan fingerprint density at radius 1 is 1.33 bits per heavy atom. The number of halogens is 1. The van der Waals surface area contributed by atoms with Crippen molar-refractivity contribution in [3.05, 3.63) is 47.5 Å². The maximum Gasteiger partial charge on any atom is 0.132 e. The Kier molecular flexibility index (Phi) is 5.33. The number of aromatic nitrogens is 2. The molecule has 1 atom stereocenters. The van der Waals surface area contributed by atoms with E-state index in [-0.39, 0.29) is 11.9 Å². The van der Waals surface area contributed by atoms with Crippen LogP contribution >= 0.6 is 0 Å². The molecule has 1 aromatic carbocycles. The highest BCUT2D eigenvalue weighted by Crippen LogP contribution is 2.32. The number of benzene rings is 1. The lowest BCUT2D eigenvalue weighted by Gasteiger charge is -2.22. The van der Waals surface area contributed by atoms with E-state index in [1.807, 2.05) is 17.7 Å². The van der Waals surface area contributed by atoms with Crippen molar-refractivity contribution in [1.82, 2.24) is 15.1 Å². The number of hydrogen-bond donors (Lipinski definition) is 1. The SMILES string of the molecule is CCCn1nccc1C(NCC)c1c(F)cccc1OC. The molecule has 5 heteroatoms. The number of rotatable bonds is 7. The molecule has 0 radical (unpaired) electrons. The van der Waals surface area contributed by atoms with Gasteiger partial charge in [-0.25, -0.2) is 4.39 Å². The number of hydrogen-bond acceptors (Lipinski definition) is 3. The van der Waals surface area contributed by atoms with Crippen LogP contribution in [0.25, 0.3) is 0 Å². The number of aryl methyl sites for hydroxylation is 1. The summed E-state index contributed by atoms with van der Waals surface area (Å²) in [6, 6.07) is 6.55. The van der Waals surface area contributed by atoms with Gasteiger partial charge in [0, 0.05) is 12.7 Å². The van der Waals surface area contributed by atoms with Crippen LogP contribution in [-0.2, 0) is 6.54 Å². The standard InChI is InChI=1S/C16H22FN3O/c1-4-11-20-13(9-10-19-20)16(18-5-2)15-12(17)7-6-8-14(15)21-3/h6-10,16,18H,4-5,11H2,1-3H3. The van der Waals surface area contributed by atoms with E-state index in [0.717, 1.165) is 25.2 Å². The molecule has 0 spiro atoms. The van der Waals surface area contributed by atoms with Gasteiger partial charge in [0.1, 0.15) is 11.6 Å². The number of nitrogens with zero attached hydrogens (tertiary/aromatic N) is 2. The minimum atomic E-state index is -0.278. The van der Waals surface area contributed by atoms with Gasteiger partial charge in [0.15, 0.2) is 0 Å². The molecular weight excluding hydrogens is 269 g/mol. The Morgan fingerprint density at radius 2 is 2.14 bits per heavy atom. The number of methoxy groups -OCH3 is 1. The molecule has 0 aliphatic heterocycles. The maximum atomic E-state index is 14.4. The first-order valence-corrected chi connectivity index (χ1v) is 7.30. The molecule has 0 bridgehead atoms. The Bertz CT molecular complexity index is 583. The summed E-state index contributed by atoms with van der Waals surface area (Å²) in [7, 11) is 1.56. The van der Waals surface area contributed by atoms with Crippen molar-refractivity contribution in [2.24, 2.45) is 0 Å². The van der Waals surface area contributed by atoms with Gasteiger partial charge < -0.3 is 10.1 Å². The van der Waals surface area contributed by atoms with E-state index < -0.39 is 0 Å². The van der Waals surface area contributed by atoms with Crippen LogP contribution in [-0.4, -0.2) is 23.4 Å². The zero-order valence-electron chi connectivity index (χ0n) is 12.8. The predicted octanol–water partition coefficient (Wildman–Crippen LogP) is 3.14. The third-order valence-corrected chi connectivity index (χ3v) is 3.41. The van der Waals surface area contributed by atoms with Gasteiger partial charge in [0.25, 0.3) is 0 Å². The van der Waals surface area contributed by atoms with E-state index in [1.54, 1.807) is 25.4 Å². The van der Waals surface area contributed by atoms with E-state index >= 15 is 0 Å². The van der Waals surface area contributed by atoms with Crippen LogP contribution in [0.4, 0.5) is 4.39 Å². The highest BCUT2D eigenvalue weighted by molar-refractivity contribution is 5.41. The monoisotopic (exact) mass is 291 g/mol. The molecule has 114 valence electrons. The second-order valence-corrected chi connectivity index (χ2v) is 4.83. The highest BCUT2D eigenvalue weighted by Gasteiger charge is 2.24. The summed E-state index contributed by atoms with van der Waals surface area (Å²) in [5, 5.41) is 7.67. The average molecular weight is 291 g/mol. The zero-order valence-corrected chi connectivity index (χ0v) is 12.8. The molecule has 0 fully saturated rings. The van der Waals surface area contributed by atoms with Crippen molar-refractivity contribution in [3.8, 4) is 5.75 Å². The van der Waals surface area contributed by atoms with Gasteiger partial charge in [-0.1, -0.05) is 19.9 Å². The van der Waals surface area contributed by atoms with Gasteiger partial charge in [-0.2, -0.15) is 5.10 Å². The third kappa shape index (κ3) is 3.24. The van der Waals surface area contributed by atoms with E-state index in [2.05, 4.69) is 17.3 Å². The van der Waals surface area contributed by atoms with Crippen molar-refractivity contribution in [2.75, 3.05) is 13.7 Å². The van der Waals surface area contributed by atoms with E-state index in [4.69, 9.17) is 4.74 Å². The van der Waals surface area contributed by atoms with Crippen molar-refractivity contribution in [3.63, 3.8) is 0 Å². The third-order valence-electron chi connectivity index (χ3n) is 3.41. The number of nitrogens with one attached hydrogen (secondary N) is 1. The molecule has 0 saturated carbocycles. The summed E-state index contributed by atoms with van der Waals surface area (Å²) in [5.41, 5.74) is 1.47. The summed E-state index contributed by atoms with van der Waals surface area (Å²) in [4.78, 5) is 0. The summed E-state index contributed by atoms with van der Waals surface area (Å²) >= 11 is 0. The van der Waals surface area contributed by atoms with E-state index in [9.17, 15) is 4.39 Å². The second-order valence-electron chi connectivity index (χ2n) is 4.83. The van der Waals surface area contributed by atoms with Crippen LogP contribution in [0.5, 0.6) is 5.75 Å². The van der Waals surface area contributed by atoms with Gasteiger partial charge in [0.05, 0.1) is 24.4 Å². The van der Waals surface area contributed by atoms with Crippen molar-refractivity contribution >= 4 is 0 Å². The molecule has 1 N–H and O–H groups in total. The smallest absolute Gasteiger partial charge is 0.132 e. The van der Waals surface area contributed by atoms with Crippen LogP contribution in [0.2, 0.25) is 0 Å². The normalized spacial score (nSPS) is 12.4. The quantitative estimate of drug-likeness (QED) is 0.852. The highest BCUT2D eigenvalue weighted by atomic mass is 19.1. The summed E-state index contributed by atoms with van der Waals surface area (Å²) < 4.78 is 21.6. The van der Waals surface area contributed by atoms with Gasteiger partial charge >= 0.3 is 0 Å². The lowest BCUT2D eigenvalue weighted by molar-refractivity contribution is 0.394. The first kappa shape index (κ1) is 15.5. The molecule has 1 aromatic heterocycles. The summed E-state index contributed by atoms with van der Waals surface area (Å²) in [6.45, 7) is 5.62. The molecule has 2 rings (SSSR count). The van der Waals surface area contributed by atoms with Gasteiger partial charge in [-0.05, 0) is 31.2 Å². The van der Waals surface area contributed by atoms with Gasteiger partial charge in [-0.15, -0.1) is 0 Å². The molecule has 0 aliphatic rings. The number of ether oxygens (including phenoxy) is 1. The van der Waals surface area contributed by atoms with Gasteiger partial charge in [0.2, 0.25) is 0 Å². The van der Waals surface area contributed by atoms with Crippen molar-refractivity contribution < 1.29 is 9.13 Å². The van der Waals surface area contributed by atoms with Crippen molar-refractivity contribution in [1.29, 1.82) is 0 Å². The fourth-order valence-corrected chi connectivity index (χ4v) is 2.52. The Morgan fingerprint density at radius 3 is 2.81 bits per heavy atom. The summed E-state index contributed by atoms with van der Waals surface area (Å²) in [6.07, 6.45) is 2.73. The molecule has 2 aromatic rings. The molecule has 4 nitrogen and oxygen atoms in total. The van der Waals surface area contributed by atoms with Crippen molar-refractivity contribution in [2.45, 2.75) is 32.9 Å². The molecule has 0 aliphatic carbocycles. The molecule has 0 saturated heterocycles. The van der Waals surface area contributed by atoms with Crippen LogP contribution < -0.4 is 10.1 Å².